The molecule has 0 radical (unpaired) electrons. The largest absolute Gasteiger partial charge is 0.435 e. The van der Waals surface area contributed by atoms with Crippen molar-refractivity contribution in [3.8, 4) is 17.3 Å². The van der Waals surface area contributed by atoms with Crippen LogP contribution < -0.4 is 21.7 Å². The molecule has 15 heteroatoms. The Bertz CT molecular complexity index is 1740. The third-order valence-corrected chi connectivity index (χ3v) is 7.74. The Morgan fingerprint density at radius 2 is 1.98 bits per heavy atom. The number of nitrogens with zero attached hydrogens (tertiary/aromatic N) is 6. The molecule has 0 saturated heterocycles. The van der Waals surface area contributed by atoms with E-state index in [9.17, 15) is 22.8 Å². The number of imidazole rings is 1. The van der Waals surface area contributed by atoms with Gasteiger partial charge in [0.1, 0.15) is 6.54 Å². The highest BCUT2D eigenvalue weighted by Crippen LogP contribution is 2.37. The first-order valence-corrected chi connectivity index (χ1v) is 14.6. The number of rotatable bonds is 11. The van der Waals surface area contributed by atoms with Crippen molar-refractivity contribution in [2.24, 2.45) is 11.7 Å². The van der Waals surface area contributed by atoms with Crippen LogP contribution in [0.5, 0.6) is 0 Å². The van der Waals surface area contributed by atoms with E-state index in [2.05, 4.69) is 31.0 Å². The molecule has 3 aromatic heterocycles. The SMILES string of the molecule is CCc1cc(Nc2nccn3c(-c4cn(CC#N)nc4C(F)(F)F)cnc23)ccc1C(=O)NCCCNC(=O)[C@@H]1CC[C@H](N)C1. The molecular formula is C30H33F3N10O2. The molecule has 236 valence electrons. The van der Waals surface area contributed by atoms with Crippen molar-refractivity contribution in [3.05, 3.63) is 59.8 Å². The molecule has 0 unspecified atom stereocenters. The Morgan fingerprint density at radius 3 is 2.69 bits per heavy atom. The molecule has 0 bridgehead atoms. The van der Waals surface area contributed by atoms with Crippen LogP contribution >= 0.6 is 0 Å². The number of anilines is 2. The van der Waals surface area contributed by atoms with Crippen molar-refractivity contribution in [1.82, 2.24) is 34.8 Å². The van der Waals surface area contributed by atoms with Crippen LogP contribution in [0.4, 0.5) is 24.7 Å². The van der Waals surface area contributed by atoms with Crippen LogP contribution in [0.25, 0.3) is 16.9 Å². The Morgan fingerprint density at radius 1 is 1.18 bits per heavy atom. The molecule has 2 atom stereocenters. The van der Waals surface area contributed by atoms with E-state index in [1.807, 2.05) is 13.0 Å². The van der Waals surface area contributed by atoms with Crippen LogP contribution in [0.15, 0.2) is 43.0 Å². The fourth-order valence-electron chi connectivity index (χ4n) is 5.50. The van der Waals surface area contributed by atoms with Crippen LogP contribution in [0.2, 0.25) is 0 Å². The molecular weight excluding hydrogens is 589 g/mol. The lowest BCUT2D eigenvalue weighted by Crippen LogP contribution is -2.33. The maximum absolute atomic E-state index is 13.8. The number of hydrogen-bond acceptors (Lipinski definition) is 8. The lowest BCUT2D eigenvalue weighted by atomic mass is 10.0. The normalized spacial score (nSPS) is 16.4. The number of carbonyl (C=O) groups excluding carboxylic acids is 2. The lowest BCUT2D eigenvalue weighted by molar-refractivity contribution is -0.141. The van der Waals surface area contributed by atoms with Crippen molar-refractivity contribution in [2.45, 2.75) is 57.8 Å². The van der Waals surface area contributed by atoms with Gasteiger partial charge in [0.25, 0.3) is 5.91 Å². The summed E-state index contributed by atoms with van der Waals surface area (Å²) in [5, 5.41) is 21.5. The highest BCUT2D eigenvalue weighted by molar-refractivity contribution is 5.96. The minimum atomic E-state index is -4.74. The summed E-state index contributed by atoms with van der Waals surface area (Å²) in [5.74, 6) is 0.0406. The van der Waals surface area contributed by atoms with Crippen molar-refractivity contribution < 1.29 is 22.8 Å². The second-order valence-electron chi connectivity index (χ2n) is 10.9. The van der Waals surface area contributed by atoms with Gasteiger partial charge in [0.15, 0.2) is 17.2 Å². The maximum Gasteiger partial charge on any atom is 0.435 e. The van der Waals surface area contributed by atoms with Gasteiger partial charge in [-0.05, 0) is 55.9 Å². The Kier molecular flexibility index (Phi) is 9.33. The van der Waals surface area contributed by atoms with Gasteiger partial charge in [-0.2, -0.15) is 23.5 Å². The number of hydrogen-bond donors (Lipinski definition) is 4. The molecule has 5 rings (SSSR count). The zero-order valence-corrected chi connectivity index (χ0v) is 24.6. The number of halogens is 3. The number of aromatic nitrogens is 5. The van der Waals surface area contributed by atoms with Crippen LogP contribution in [-0.2, 0) is 23.9 Å². The smallest absolute Gasteiger partial charge is 0.356 e. The fraction of sp³-hybridized carbons (Fsp3) is 0.400. The number of carbonyl (C=O) groups is 2. The standard InChI is InChI=1S/C30H33F3N10O2/c1-2-18-15-21(6-7-22(18)29(45)38-10-3-9-37-28(44)19-4-5-20(35)14-19)40-26-27-39-16-24(43(27)13-11-36-26)23-17-42(12-8-34)41-25(23)30(31,32)33/h6-7,11,13,15-17,19-20H,2-5,9-10,12,14,35H2,1H3,(H,36,40)(H,37,44)(H,38,45)/t19-,20+/m1/s1. The topological polar surface area (TPSA) is 168 Å². The third-order valence-electron chi connectivity index (χ3n) is 7.74. The van der Waals surface area contributed by atoms with E-state index in [1.54, 1.807) is 18.2 Å². The number of aryl methyl sites for hydroxylation is 1. The summed E-state index contributed by atoms with van der Waals surface area (Å²) in [6.45, 7) is 2.44. The van der Waals surface area contributed by atoms with Gasteiger partial charge in [0, 0.05) is 54.9 Å². The average molecular weight is 623 g/mol. The summed E-state index contributed by atoms with van der Waals surface area (Å²) in [4.78, 5) is 33.8. The second kappa shape index (κ2) is 13.3. The van der Waals surface area contributed by atoms with Gasteiger partial charge in [-0.15, -0.1) is 0 Å². The van der Waals surface area contributed by atoms with E-state index in [-0.39, 0.29) is 47.2 Å². The predicted octanol–water partition coefficient (Wildman–Crippen LogP) is 3.80. The minimum Gasteiger partial charge on any atom is -0.356 e. The Balaban J connectivity index is 1.26. The fourth-order valence-corrected chi connectivity index (χ4v) is 5.50. The van der Waals surface area contributed by atoms with Crippen LogP contribution in [0, 0.1) is 17.2 Å². The quantitative estimate of drug-likeness (QED) is 0.183. The van der Waals surface area contributed by atoms with Crippen molar-refractivity contribution in [3.63, 3.8) is 0 Å². The Labute approximate surface area is 256 Å². The van der Waals surface area contributed by atoms with Gasteiger partial charge in [0.2, 0.25) is 5.91 Å². The molecule has 1 aliphatic carbocycles. The maximum atomic E-state index is 13.8. The summed E-state index contributed by atoms with van der Waals surface area (Å²) in [5.41, 5.74) is 6.86. The minimum absolute atomic E-state index is 0.0140. The van der Waals surface area contributed by atoms with Crippen LogP contribution in [0.3, 0.4) is 0 Å². The molecule has 0 aliphatic heterocycles. The first-order chi connectivity index (χ1) is 21.6. The highest BCUT2D eigenvalue weighted by Gasteiger charge is 2.38. The molecule has 3 heterocycles. The molecule has 0 spiro atoms. The number of fused-ring (bicyclic) bond motifs is 1. The zero-order valence-electron chi connectivity index (χ0n) is 24.6. The van der Waals surface area contributed by atoms with Crippen molar-refractivity contribution in [1.29, 1.82) is 5.26 Å². The van der Waals surface area contributed by atoms with Gasteiger partial charge in [-0.3, -0.25) is 18.7 Å². The number of nitrogens with one attached hydrogen (secondary N) is 3. The average Bonchev–Trinajstić information content (AvgIpc) is 3.75. The molecule has 12 nitrogen and oxygen atoms in total. The monoisotopic (exact) mass is 622 g/mol. The van der Waals surface area contributed by atoms with Gasteiger partial charge in [-0.25, -0.2) is 9.97 Å². The number of nitrogens with two attached hydrogens (primary N) is 1. The van der Waals surface area contributed by atoms with Crippen LogP contribution in [-0.4, -0.2) is 55.1 Å². The molecule has 1 aromatic carbocycles. The summed E-state index contributed by atoms with van der Waals surface area (Å²) in [6.07, 6.45) is 4.19. The summed E-state index contributed by atoms with van der Waals surface area (Å²) < 4.78 is 43.7. The Hall–Kier alpha value is -4.97. The summed E-state index contributed by atoms with van der Waals surface area (Å²) in [6, 6.07) is 7.09. The van der Waals surface area contributed by atoms with Gasteiger partial charge in [0.05, 0.1) is 23.5 Å². The highest BCUT2D eigenvalue weighted by atomic mass is 19.4. The van der Waals surface area contributed by atoms with E-state index in [1.165, 1.54) is 29.2 Å². The van der Waals surface area contributed by atoms with Crippen LogP contribution in [0.1, 0.15) is 54.2 Å². The molecule has 45 heavy (non-hydrogen) atoms. The van der Waals surface area contributed by atoms with Crippen molar-refractivity contribution in [2.75, 3.05) is 18.4 Å². The zero-order chi connectivity index (χ0) is 32.1. The predicted molar refractivity (Wildman–Crippen MR) is 159 cm³/mol. The van der Waals surface area contributed by atoms with E-state index in [0.717, 1.165) is 23.1 Å². The van der Waals surface area contributed by atoms with Crippen molar-refractivity contribution >= 4 is 29.0 Å². The lowest BCUT2D eigenvalue weighted by Gasteiger charge is -2.13. The first-order valence-electron chi connectivity index (χ1n) is 14.6. The number of amides is 2. The number of nitriles is 1. The molecule has 4 aromatic rings. The second-order valence-corrected chi connectivity index (χ2v) is 10.9. The molecule has 1 saturated carbocycles. The van der Waals surface area contributed by atoms with Gasteiger partial charge in [-0.1, -0.05) is 6.92 Å². The first kappa shape index (κ1) is 31.5. The summed E-state index contributed by atoms with van der Waals surface area (Å²) in [7, 11) is 0. The van der Waals surface area contributed by atoms with E-state index in [0.29, 0.717) is 49.4 Å². The molecule has 5 N–H and O–H groups in total. The van der Waals surface area contributed by atoms with E-state index < -0.39 is 11.9 Å². The third kappa shape index (κ3) is 7.07. The molecule has 2 amide bonds. The number of alkyl halides is 3. The molecule has 1 aliphatic rings. The molecule has 1 fully saturated rings. The van der Waals surface area contributed by atoms with E-state index in [4.69, 9.17) is 11.0 Å². The van der Waals surface area contributed by atoms with Gasteiger partial charge >= 0.3 is 6.18 Å². The number of benzene rings is 1. The van der Waals surface area contributed by atoms with Gasteiger partial charge < -0.3 is 21.7 Å². The van der Waals surface area contributed by atoms with E-state index >= 15 is 0 Å². The summed E-state index contributed by atoms with van der Waals surface area (Å²) >= 11 is 0.